The molecule has 0 aliphatic rings. The molecular formula is C10H5Cl2O. The monoisotopic (exact) mass is 211 g/mol. The van der Waals surface area contributed by atoms with Gasteiger partial charge in [0.05, 0.1) is 15.6 Å². The van der Waals surface area contributed by atoms with Crippen molar-refractivity contribution in [2.24, 2.45) is 0 Å². The van der Waals surface area contributed by atoms with Gasteiger partial charge in [-0.2, -0.15) is 0 Å². The predicted molar refractivity (Wildman–Crippen MR) is 53.0 cm³/mol. The van der Waals surface area contributed by atoms with Crippen LogP contribution in [0.1, 0.15) is 0 Å². The minimum atomic E-state index is 0.579. The van der Waals surface area contributed by atoms with Crippen LogP contribution in [0.2, 0.25) is 10.0 Å². The summed E-state index contributed by atoms with van der Waals surface area (Å²) < 4.78 is 5.09. The highest BCUT2D eigenvalue weighted by atomic mass is 35.5. The SMILES string of the molecule is Clc1cccc(Cl)c1-c1cc[c]o1. The number of rotatable bonds is 1. The van der Waals surface area contributed by atoms with Crippen LogP contribution in [0.15, 0.2) is 34.7 Å². The van der Waals surface area contributed by atoms with Crippen molar-refractivity contribution in [2.75, 3.05) is 0 Å². The maximum Gasteiger partial charge on any atom is 0.170 e. The van der Waals surface area contributed by atoms with Crippen LogP contribution in [0, 0.1) is 6.26 Å². The van der Waals surface area contributed by atoms with Crippen LogP contribution in [0.5, 0.6) is 0 Å². The molecule has 1 aromatic carbocycles. The van der Waals surface area contributed by atoms with Crippen LogP contribution in [-0.2, 0) is 0 Å². The Morgan fingerprint density at radius 1 is 1.08 bits per heavy atom. The number of furan rings is 1. The fraction of sp³-hybridized carbons (Fsp3) is 0. The summed E-state index contributed by atoms with van der Waals surface area (Å²) in [6.07, 6.45) is 2.59. The average molecular weight is 212 g/mol. The van der Waals surface area contributed by atoms with Crippen LogP contribution in [-0.4, -0.2) is 0 Å². The number of hydrogen-bond acceptors (Lipinski definition) is 1. The normalized spacial score (nSPS) is 10.3. The lowest BCUT2D eigenvalue weighted by molar-refractivity contribution is 0.573. The van der Waals surface area contributed by atoms with Gasteiger partial charge in [-0.3, -0.25) is 0 Å². The summed E-state index contributed by atoms with van der Waals surface area (Å²) in [5.74, 6) is 0.635. The van der Waals surface area contributed by atoms with Gasteiger partial charge >= 0.3 is 0 Å². The van der Waals surface area contributed by atoms with Crippen molar-refractivity contribution in [1.82, 2.24) is 0 Å². The van der Waals surface area contributed by atoms with Gasteiger partial charge < -0.3 is 4.42 Å². The maximum atomic E-state index is 5.96. The molecule has 0 bridgehead atoms. The third-order valence-electron chi connectivity index (χ3n) is 1.68. The minimum Gasteiger partial charge on any atom is -0.453 e. The summed E-state index contributed by atoms with van der Waals surface area (Å²) in [6, 6.07) is 8.78. The van der Waals surface area contributed by atoms with Crippen molar-refractivity contribution in [1.29, 1.82) is 0 Å². The van der Waals surface area contributed by atoms with E-state index in [0.29, 0.717) is 21.4 Å². The van der Waals surface area contributed by atoms with Gasteiger partial charge in [-0.1, -0.05) is 29.3 Å². The molecule has 0 amide bonds. The highest BCUT2D eigenvalue weighted by Gasteiger charge is 2.09. The number of benzene rings is 1. The Balaban J connectivity index is 2.64. The van der Waals surface area contributed by atoms with E-state index in [1.165, 1.54) is 0 Å². The second-order valence-electron chi connectivity index (χ2n) is 2.51. The van der Waals surface area contributed by atoms with Gasteiger partial charge in [0.1, 0.15) is 5.76 Å². The summed E-state index contributed by atoms with van der Waals surface area (Å²) in [5.41, 5.74) is 0.715. The molecule has 65 valence electrons. The quantitative estimate of drug-likeness (QED) is 0.694. The van der Waals surface area contributed by atoms with Crippen LogP contribution in [0.4, 0.5) is 0 Å². The van der Waals surface area contributed by atoms with Gasteiger partial charge in [0, 0.05) is 0 Å². The molecule has 1 aromatic heterocycles. The van der Waals surface area contributed by atoms with Crippen molar-refractivity contribution in [3.8, 4) is 11.3 Å². The first-order valence-electron chi connectivity index (χ1n) is 3.69. The van der Waals surface area contributed by atoms with E-state index >= 15 is 0 Å². The lowest BCUT2D eigenvalue weighted by Crippen LogP contribution is -1.77. The Morgan fingerprint density at radius 2 is 1.77 bits per heavy atom. The smallest absolute Gasteiger partial charge is 0.170 e. The number of halogens is 2. The van der Waals surface area contributed by atoms with Crippen molar-refractivity contribution in [3.63, 3.8) is 0 Å². The molecule has 1 heterocycles. The van der Waals surface area contributed by atoms with Crippen molar-refractivity contribution in [2.45, 2.75) is 0 Å². The molecule has 3 heteroatoms. The molecule has 0 saturated carbocycles. The molecular weight excluding hydrogens is 207 g/mol. The largest absolute Gasteiger partial charge is 0.453 e. The molecule has 0 saturated heterocycles. The van der Waals surface area contributed by atoms with E-state index in [1.54, 1.807) is 30.3 Å². The zero-order chi connectivity index (χ0) is 9.26. The Bertz CT molecular complexity index is 387. The molecule has 1 radical (unpaired) electrons. The number of hydrogen-bond donors (Lipinski definition) is 0. The fourth-order valence-electron chi connectivity index (χ4n) is 1.11. The molecule has 13 heavy (non-hydrogen) atoms. The van der Waals surface area contributed by atoms with E-state index in [0.717, 1.165) is 0 Å². The first kappa shape index (κ1) is 8.67. The fourth-order valence-corrected chi connectivity index (χ4v) is 1.69. The van der Waals surface area contributed by atoms with Gasteiger partial charge in [-0.05, 0) is 24.3 Å². The van der Waals surface area contributed by atoms with Crippen molar-refractivity contribution >= 4 is 23.2 Å². The molecule has 2 aromatic rings. The Labute approximate surface area is 85.9 Å². The van der Waals surface area contributed by atoms with E-state index in [2.05, 4.69) is 6.26 Å². The van der Waals surface area contributed by atoms with E-state index in [4.69, 9.17) is 27.6 Å². The molecule has 0 fully saturated rings. The van der Waals surface area contributed by atoms with Gasteiger partial charge in [0.25, 0.3) is 0 Å². The van der Waals surface area contributed by atoms with Crippen molar-refractivity contribution in [3.05, 3.63) is 46.6 Å². The van der Waals surface area contributed by atoms with E-state index in [9.17, 15) is 0 Å². The lowest BCUT2D eigenvalue weighted by Gasteiger charge is -2.01. The topological polar surface area (TPSA) is 13.1 Å². The molecule has 0 spiro atoms. The molecule has 0 unspecified atom stereocenters. The summed E-state index contributed by atoms with van der Waals surface area (Å²) in [5, 5.41) is 1.16. The second-order valence-corrected chi connectivity index (χ2v) is 3.33. The third-order valence-corrected chi connectivity index (χ3v) is 2.31. The van der Waals surface area contributed by atoms with E-state index in [1.807, 2.05) is 0 Å². The summed E-state index contributed by atoms with van der Waals surface area (Å²) >= 11 is 11.9. The lowest BCUT2D eigenvalue weighted by atomic mass is 10.2. The first-order valence-corrected chi connectivity index (χ1v) is 4.45. The summed E-state index contributed by atoms with van der Waals surface area (Å²) in [6.45, 7) is 0. The zero-order valence-electron chi connectivity index (χ0n) is 6.55. The van der Waals surface area contributed by atoms with Crippen LogP contribution < -0.4 is 0 Å². The Morgan fingerprint density at radius 3 is 2.31 bits per heavy atom. The van der Waals surface area contributed by atoms with Gasteiger partial charge in [-0.15, -0.1) is 0 Å². The Kier molecular flexibility index (Phi) is 2.30. The summed E-state index contributed by atoms with van der Waals surface area (Å²) in [4.78, 5) is 0. The molecule has 2 rings (SSSR count). The maximum absolute atomic E-state index is 5.96. The first-order chi connectivity index (χ1) is 6.29. The summed E-state index contributed by atoms with van der Waals surface area (Å²) in [7, 11) is 0. The van der Waals surface area contributed by atoms with Gasteiger partial charge in [0.15, 0.2) is 6.26 Å². The molecule has 1 nitrogen and oxygen atoms in total. The zero-order valence-corrected chi connectivity index (χ0v) is 8.06. The van der Waals surface area contributed by atoms with Crippen LogP contribution >= 0.6 is 23.2 Å². The highest BCUT2D eigenvalue weighted by Crippen LogP contribution is 2.34. The average Bonchev–Trinajstić information content (AvgIpc) is 2.57. The van der Waals surface area contributed by atoms with Gasteiger partial charge in [-0.25, -0.2) is 0 Å². The van der Waals surface area contributed by atoms with Crippen molar-refractivity contribution < 1.29 is 4.42 Å². The molecule has 0 atom stereocenters. The third kappa shape index (κ3) is 1.58. The van der Waals surface area contributed by atoms with Gasteiger partial charge in [0.2, 0.25) is 0 Å². The predicted octanol–water partition coefficient (Wildman–Crippen LogP) is 4.05. The van der Waals surface area contributed by atoms with Crippen LogP contribution in [0.25, 0.3) is 11.3 Å². The second kappa shape index (κ2) is 3.44. The molecule has 0 aliphatic heterocycles. The van der Waals surface area contributed by atoms with Crippen LogP contribution in [0.3, 0.4) is 0 Å². The Hall–Kier alpha value is -0.920. The highest BCUT2D eigenvalue weighted by molar-refractivity contribution is 6.39. The standard InChI is InChI=1S/C10H5Cl2O/c11-7-3-1-4-8(12)10(7)9-5-2-6-13-9/h1-5H. The molecule has 0 N–H and O–H groups in total. The molecule has 0 aliphatic carbocycles. The van der Waals surface area contributed by atoms with E-state index in [-0.39, 0.29) is 0 Å². The van der Waals surface area contributed by atoms with E-state index < -0.39 is 0 Å². The minimum absolute atomic E-state index is 0.579.